The summed E-state index contributed by atoms with van der Waals surface area (Å²) in [5, 5.41) is 3.40. The number of benzene rings is 3. The molecule has 0 spiro atoms. The fourth-order valence-corrected chi connectivity index (χ4v) is 5.60. The third kappa shape index (κ3) is 3.65. The maximum atomic E-state index is 13.1. The SMILES string of the molecule is O=C(OCc1cccc2ccccc12)[C@@H]1CCCC[C@@H]1c1nc2ccccc2s1. The molecule has 3 aromatic carbocycles. The molecule has 1 fully saturated rings. The topological polar surface area (TPSA) is 39.2 Å². The van der Waals surface area contributed by atoms with Crippen LogP contribution in [0.3, 0.4) is 0 Å². The van der Waals surface area contributed by atoms with Crippen LogP contribution in [0.2, 0.25) is 0 Å². The van der Waals surface area contributed by atoms with Crippen molar-refractivity contribution in [3.05, 3.63) is 77.3 Å². The van der Waals surface area contributed by atoms with Gasteiger partial charge < -0.3 is 4.74 Å². The van der Waals surface area contributed by atoms with Crippen LogP contribution < -0.4 is 0 Å². The molecule has 1 saturated carbocycles. The Morgan fingerprint density at radius 1 is 0.966 bits per heavy atom. The van der Waals surface area contributed by atoms with Gasteiger partial charge in [0.15, 0.2) is 0 Å². The number of rotatable bonds is 4. The third-order valence-corrected chi connectivity index (χ3v) is 7.11. The number of fused-ring (bicyclic) bond motifs is 2. The van der Waals surface area contributed by atoms with Crippen molar-refractivity contribution in [2.75, 3.05) is 0 Å². The molecule has 4 aromatic rings. The zero-order chi connectivity index (χ0) is 19.6. The Bertz CT molecular complexity index is 1130. The molecule has 1 heterocycles. The van der Waals surface area contributed by atoms with E-state index in [1.807, 2.05) is 42.5 Å². The van der Waals surface area contributed by atoms with Gasteiger partial charge in [0.05, 0.1) is 21.1 Å². The van der Waals surface area contributed by atoms with Gasteiger partial charge in [0, 0.05) is 5.92 Å². The van der Waals surface area contributed by atoms with Crippen molar-refractivity contribution in [2.24, 2.45) is 5.92 Å². The Kier molecular flexibility index (Phi) is 5.03. The summed E-state index contributed by atoms with van der Waals surface area (Å²) in [6.07, 6.45) is 4.12. The van der Waals surface area contributed by atoms with E-state index in [1.54, 1.807) is 11.3 Å². The van der Waals surface area contributed by atoms with E-state index in [-0.39, 0.29) is 17.8 Å². The monoisotopic (exact) mass is 401 g/mol. The van der Waals surface area contributed by atoms with Crippen LogP contribution in [-0.2, 0) is 16.1 Å². The number of para-hydroxylation sites is 1. The Hall–Kier alpha value is -2.72. The highest BCUT2D eigenvalue weighted by atomic mass is 32.1. The maximum Gasteiger partial charge on any atom is 0.309 e. The summed E-state index contributed by atoms with van der Waals surface area (Å²) in [6.45, 7) is 0.323. The molecule has 0 unspecified atom stereocenters. The van der Waals surface area contributed by atoms with Gasteiger partial charge in [-0.25, -0.2) is 4.98 Å². The number of aromatic nitrogens is 1. The smallest absolute Gasteiger partial charge is 0.309 e. The van der Waals surface area contributed by atoms with Crippen LogP contribution in [0, 0.1) is 5.92 Å². The van der Waals surface area contributed by atoms with Gasteiger partial charge in [0.2, 0.25) is 0 Å². The van der Waals surface area contributed by atoms with Crippen molar-refractivity contribution >= 4 is 38.3 Å². The van der Waals surface area contributed by atoms with E-state index in [9.17, 15) is 4.79 Å². The lowest BCUT2D eigenvalue weighted by Crippen LogP contribution is -2.27. The molecular formula is C25H23NO2S. The van der Waals surface area contributed by atoms with E-state index < -0.39 is 0 Å². The molecule has 0 radical (unpaired) electrons. The van der Waals surface area contributed by atoms with Crippen LogP contribution in [0.4, 0.5) is 0 Å². The highest BCUT2D eigenvalue weighted by Gasteiger charge is 2.35. The van der Waals surface area contributed by atoms with Gasteiger partial charge in [0.25, 0.3) is 0 Å². The number of thiazole rings is 1. The minimum absolute atomic E-state index is 0.0816. The van der Waals surface area contributed by atoms with Crippen molar-refractivity contribution in [2.45, 2.75) is 38.2 Å². The average molecular weight is 402 g/mol. The van der Waals surface area contributed by atoms with E-state index in [2.05, 4.69) is 24.3 Å². The second-order valence-corrected chi connectivity index (χ2v) is 8.83. The predicted octanol–water partition coefficient (Wildman–Crippen LogP) is 6.47. The highest BCUT2D eigenvalue weighted by Crippen LogP contribution is 2.41. The van der Waals surface area contributed by atoms with Crippen LogP contribution in [0.5, 0.6) is 0 Å². The quantitative estimate of drug-likeness (QED) is 0.368. The summed E-state index contributed by atoms with van der Waals surface area (Å²) >= 11 is 1.72. The Balaban J connectivity index is 1.36. The molecule has 146 valence electrons. The molecule has 1 aliphatic carbocycles. The number of carbonyl (C=O) groups is 1. The van der Waals surface area contributed by atoms with Crippen molar-refractivity contribution < 1.29 is 9.53 Å². The van der Waals surface area contributed by atoms with Crippen molar-refractivity contribution in [1.29, 1.82) is 0 Å². The van der Waals surface area contributed by atoms with Gasteiger partial charge in [-0.15, -0.1) is 11.3 Å². The molecule has 0 bridgehead atoms. The van der Waals surface area contributed by atoms with Gasteiger partial charge >= 0.3 is 5.97 Å². The summed E-state index contributed by atoms with van der Waals surface area (Å²) in [4.78, 5) is 17.9. The van der Waals surface area contributed by atoms with E-state index >= 15 is 0 Å². The molecule has 4 heteroatoms. The predicted molar refractivity (Wildman–Crippen MR) is 118 cm³/mol. The van der Waals surface area contributed by atoms with E-state index in [4.69, 9.17) is 9.72 Å². The lowest BCUT2D eigenvalue weighted by atomic mass is 9.79. The summed E-state index contributed by atoms with van der Waals surface area (Å²) in [5.41, 5.74) is 2.09. The maximum absolute atomic E-state index is 13.1. The highest BCUT2D eigenvalue weighted by molar-refractivity contribution is 7.18. The Morgan fingerprint density at radius 2 is 1.76 bits per heavy atom. The Labute approximate surface area is 174 Å². The molecule has 3 nitrogen and oxygen atoms in total. The number of hydrogen-bond acceptors (Lipinski definition) is 4. The molecule has 29 heavy (non-hydrogen) atoms. The van der Waals surface area contributed by atoms with Crippen molar-refractivity contribution in [1.82, 2.24) is 4.98 Å². The Morgan fingerprint density at radius 3 is 2.69 bits per heavy atom. The molecule has 1 aliphatic rings. The van der Waals surface area contributed by atoms with Crippen molar-refractivity contribution in [3.63, 3.8) is 0 Å². The van der Waals surface area contributed by atoms with E-state index in [1.165, 1.54) is 10.1 Å². The van der Waals surface area contributed by atoms with E-state index in [0.29, 0.717) is 6.61 Å². The fourth-order valence-electron chi connectivity index (χ4n) is 4.43. The molecule has 0 N–H and O–H groups in total. The first kappa shape index (κ1) is 18.3. The molecule has 5 rings (SSSR count). The molecule has 2 atom stereocenters. The standard InChI is InChI=1S/C25H23NO2S/c27-25(28-16-18-10-7-9-17-8-1-2-11-19(17)18)21-13-4-3-12-20(21)24-26-22-14-5-6-15-23(22)29-24/h1-2,5-11,14-15,20-21H,3-4,12-13,16H2/t20-,21+/m0/s1. The van der Waals surface area contributed by atoms with Gasteiger partial charge in [-0.2, -0.15) is 0 Å². The zero-order valence-electron chi connectivity index (χ0n) is 16.2. The second-order valence-electron chi connectivity index (χ2n) is 7.76. The minimum Gasteiger partial charge on any atom is -0.461 e. The lowest BCUT2D eigenvalue weighted by Gasteiger charge is -2.28. The first-order chi connectivity index (χ1) is 14.3. The zero-order valence-corrected chi connectivity index (χ0v) is 17.0. The largest absolute Gasteiger partial charge is 0.461 e. The molecule has 0 aliphatic heterocycles. The van der Waals surface area contributed by atoms with Gasteiger partial charge in [0.1, 0.15) is 6.61 Å². The summed E-state index contributed by atoms with van der Waals surface area (Å²) in [7, 11) is 0. The normalized spacial score (nSPS) is 19.4. The summed E-state index contributed by atoms with van der Waals surface area (Å²) in [5.74, 6) is -0.0117. The lowest BCUT2D eigenvalue weighted by molar-refractivity contribution is -0.151. The summed E-state index contributed by atoms with van der Waals surface area (Å²) < 4.78 is 7.03. The number of nitrogens with zero attached hydrogens (tertiary/aromatic N) is 1. The molecular weight excluding hydrogens is 378 g/mol. The number of ether oxygens (including phenoxy) is 1. The number of carbonyl (C=O) groups excluding carboxylic acids is 1. The van der Waals surface area contributed by atoms with Gasteiger partial charge in [-0.05, 0) is 41.3 Å². The van der Waals surface area contributed by atoms with Crippen LogP contribution in [-0.4, -0.2) is 11.0 Å². The van der Waals surface area contributed by atoms with Gasteiger partial charge in [-0.3, -0.25) is 4.79 Å². The van der Waals surface area contributed by atoms with Gasteiger partial charge in [-0.1, -0.05) is 67.4 Å². The van der Waals surface area contributed by atoms with Crippen LogP contribution in [0.15, 0.2) is 66.7 Å². The molecule has 0 amide bonds. The van der Waals surface area contributed by atoms with Crippen molar-refractivity contribution in [3.8, 4) is 0 Å². The van der Waals surface area contributed by atoms with Crippen LogP contribution in [0.1, 0.15) is 42.2 Å². The average Bonchev–Trinajstić information content (AvgIpc) is 3.21. The summed E-state index contributed by atoms with van der Waals surface area (Å²) in [6, 6.07) is 22.6. The molecule has 1 aromatic heterocycles. The van der Waals surface area contributed by atoms with Crippen LogP contribution in [0.25, 0.3) is 21.0 Å². The van der Waals surface area contributed by atoms with E-state index in [0.717, 1.165) is 47.2 Å². The molecule has 0 saturated heterocycles. The van der Waals surface area contributed by atoms with Crippen LogP contribution >= 0.6 is 11.3 Å². The second kappa shape index (κ2) is 7.96. The minimum atomic E-state index is -0.0979. The number of hydrogen-bond donors (Lipinski definition) is 0. The third-order valence-electron chi connectivity index (χ3n) is 5.95. The number of esters is 1. The first-order valence-corrected chi connectivity index (χ1v) is 11.1. The fraction of sp³-hybridized carbons (Fsp3) is 0.280. The first-order valence-electron chi connectivity index (χ1n) is 10.3.